The van der Waals surface area contributed by atoms with Crippen molar-refractivity contribution in [2.75, 3.05) is 0 Å². The molecule has 1 radical (unpaired) electrons. The van der Waals surface area contributed by atoms with Gasteiger partial charge in [-0.15, -0.1) is 9.05 Å². The molecular weight excluding hydrogens is 309 g/mol. The van der Waals surface area contributed by atoms with E-state index in [1.54, 1.807) is 0 Å². The Morgan fingerprint density at radius 1 is 1.50 bits per heavy atom. The molecule has 41 valence electrons. The summed E-state index contributed by atoms with van der Waals surface area (Å²) in [5, 5.41) is 0. The molecule has 0 aromatic rings. The molecule has 6 heavy (non-hydrogen) atoms. The van der Waals surface area contributed by atoms with Crippen LogP contribution in [-0.4, -0.2) is 13.3 Å². The van der Waals surface area contributed by atoms with Crippen LogP contribution in [0.3, 0.4) is 0 Å². The van der Waals surface area contributed by atoms with Gasteiger partial charge < -0.3 is 9.11 Å². The van der Waals surface area contributed by atoms with Gasteiger partial charge in [0.2, 0.25) is 0 Å². The fourth-order valence-electron chi connectivity index (χ4n) is 0. The Bertz CT molecular complexity index is 92.0. The summed E-state index contributed by atoms with van der Waals surface area (Å²) in [4.78, 5) is 0. The van der Waals surface area contributed by atoms with Crippen LogP contribution in [0.15, 0.2) is 0 Å². The Balaban J connectivity index is 0. The molecule has 0 bridgehead atoms. The minimum atomic E-state index is -4.33. The second-order valence-electron chi connectivity index (χ2n) is 0.408. The zero-order chi connectivity index (χ0) is 4.50. The van der Waals surface area contributed by atoms with Gasteiger partial charge in [0.05, 0.1) is 0 Å². The van der Waals surface area contributed by atoms with Crippen LogP contribution < -0.4 is 0 Å². The summed E-state index contributed by atoms with van der Waals surface area (Å²) < 4.78 is 26.7. The van der Waals surface area contributed by atoms with Gasteiger partial charge >= 0.3 is 22.4 Å². The van der Waals surface area contributed by atoms with E-state index in [1.807, 2.05) is 0 Å². The Kier molecular flexibility index (Phi) is 5.20. The van der Waals surface area contributed by atoms with E-state index in [-0.39, 0.29) is 22.4 Å². The SMILES string of the molecule is O=S([O-])([O-])=S.[Au+2]. The van der Waals surface area contributed by atoms with Crippen molar-refractivity contribution in [1.29, 1.82) is 0 Å². The topological polar surface area (TPSA) is 63.2 Å². The molecule has 0 aliphatic rings. The fraction of sp³-hybridized carbons (Fsp3) is 0. The molecule has 0 aromatic heterocycles. The molecule has 0 fully saturated rings. The molecule has 0 amide bonds. The van der Waals surface area contributed by atoms with Crippen molar-refractivity contribution in [2.45, 2.75) is 0 Å². The normalized spacial score (nSPS) is 9.67. The molecule has 0 N–H and O–H groups in total. The quantitative estimate of drug-likeness (QED) is 0.538. The van der Waals surface area contributed by atoms with Crippen molar-refractivity contribution in [2.24, 2.45) is 0 Å². The van der Waals surface area contributed by atoms with Gasteiger partial charge in [0.15, 0.2) is 0 Å². The average molecular weight is 309 g/mol. The number of hydrogen-bond acceptors (Lipinski definition) is 4. The van der Waals surface area contributed by atoms with Gasteiger partial charge in [-0.2, -0.15) is 0 Å². The van der Waals surface area contributed by atoms with Crippen molar-refractivity contribution < 1.29 is 35.7 Å². The van der Waals surface area contributed by atoms with Crippen molar-refractivity contribution in [1.82, 2.24) is 0 Å². The third-order valence-electron chi connectivity index (χ3n) is 0. The van der Waals surface area contributed by atoms with E-state index in [2.05, 4.69) is 11.2 Å². The predicted octanol–water partition coefficient (Wildman–Crippen LogP) is -1.01. The number of hydrogen-bond donors (Lipinski definition) is 0. The van der Waals surface area contributed by atoms with Crippen LogP contribution >= 0.6 is 0 Å². The molecule has 0 rings (SSSR count). The average Bonchev–Trinajstić information content (AvgIpc) is 0.722. The van der Waals surface area contributed by atoms with Gasteiger partial charge in [0, 0.05) is 0 Å². The van der Waals surface area contributed by atoms with E-state index in [1.165, 1.54) is 0 Å². The standard InChI is InChI=1S/Au.H2O3S2/c;1-5(2,3)4/h;(H2,1,2,3,4)/q+2;/p-2. The monoisotopic (exact) mass is 309 g/mol. The summed E-state index contributed by atoms with van der Waals surface area (Å²) in [5.41, 5.74) is 0. The van der Waals surface area contributed by atoms with Crippen LogP contribution in [-0.2, 0) is 42.6 Å². The molecule has 0 saturated carbocycles. The maximum atomic E-state index is 8.89. The van der Waals surface area contributed by atoms with Gasteiger partial charge in [-0.1, -0.05) is 0 Å². The van der Waals surface area contributed by atoms with Gasteiger partial charge in [-0.05, 0) is 11.2 Å². The van der Waals surface area contributed by atoms with Gasteiger partial charge in [0.1, 0.15) is 0 Å². The van der Waals surface area contributed by atoms with Crippen LogP contribution in [0.2, 0.25) is 0 Å². The van der Waals surface area contributed by atoms with Crippen LogP contribution in [0.1, 0.15) is 0 Å². The molecule has 0 saturated heterocycles. The summed E-state index contributed by atoms with van der Waals surface area (Å²) in [7, 11) is -4.33. The Morgan fingerprint density at radius 3 is 1.50 bits per heavy atom. The van der Waals surface area contributed by atoms with Crippen LogP contribution in [0.25, 0.3) is 0 Å². The third kappa shape index (κ3) is 77.0. The Labute approximate surface area is 56.0 Å². The molecule has 0 unspecified atom stereocenters. The maximum Gasteiger partial charge on any atom is 2.00 e. The van der Waals surface area contributed by atoms with Crippen molar-refractivity contribution in [3.05, 3.63) is 0 Å². The molecule has 0 spiro atoms. The molecular formula is AuO3S2. The van der Waals surface area contributed by atoms with Crippen LogP contribution in [0.4, 0.5) is 0 Å². The van der Waals surface area contributed by atoms with E-state index >= 15 is 0 Å². The number of rotatable bonds is 0. The summed E-state index contributed by atoms with van der Waals surface area (Å²) in [6.45, 7) is 0. The first-order valence-corrected chi connectivity index (χ1v) is 3.00. The van der Waals surface area contributed by atoms with E-state index in [0.29, 0.717) is 0 Å². The van der Waals surface area contributed by atoms with E-state index < -0.39 is 9.05 Å². The van der Waals surface area contributed by atoms with Gasteiger partial charge in [-0.3, -0.25) is 4.21 Å². The third-order valence-corrected chi connectivity index (χ3v) is 0. The van der Waals surface area contributed by atoms with E-state index in [9.17, 15) is 0 Å². The molecule has 3 nitrogen and oxygen atoms in total. The molecule has 0 aliphatic carbocycles. The van der Waals surface area contributed by atoms with Crippen molar-refractivity contribution >= 4 is 20.2 Å². The van der Waals surface area contributed by atoms with E-state index in [0.717, 1.165) is 0 Å². The minimum Gasteiger partial charge on any atom is -0.780 e. The molecule has 0 atom stereocenters. The summed E-state index contributed by atoms with van der Waals surface area (Å²) in [6.07, 6.45) is 0. The molecule has 0 heterocycles. The summed E-state index contributed by atoms with van der Waals surface area (Å²) in [6, 6.07) is 0. The minimum absolute atomic E-state index is 0. The first-order chi connectivity index (χ1) is 2.00. The Hall–Kier alpha value is 1.03. The zero-order valence-corrected chi connectivity index (χ0v) is 6.14. The molecule has 0 aliphatic heterocycles. The van der Waals surface area contributed by atoms with E-state index in [4.69, 9.17) is 13.3 Å². The van der Waals surface area contributed by atoms with Gasteiger partial charge in [-0.25, -0.2) is 0 Å². The Morgan fingerprint density at radius 2 is 1.50 bits per heavy atom. The molecule has 0 aromatic carbocycles. The maximum absolute atomic E-state index is 8.89. The first kappa shape index (κ1) is 10.1. The second-order valence-corrected chi connectivity index (χ2v) is 2.45. The zero-order valence-electron chi connectivity index (χ0n) is 2.34. The van der Waals surface area contributed by atoms with Gasteiger partial charge in [0.25, 0.3) is 0 Å². The van der Waals surface area contributed by atoms with Crippen LogP contribution in [0.5, 0.6) is 0 Å². The smallest absolute Gasteiger partial charge is 0.780 e. The van der Waals surface area contributed by atoms with Crippen molar-refractivity contribution in [3.8, 4) is 0 Å². The largest absolute Gasteiger partial charge is 2.00 e. The fourth-order valence-corrected chi connectivity index (χ4v) is 0. The van der Waals surface area contributed by atoms with Crippen LogP contribution in [0, 0.1) is 0 Å². The predicted molar refractivity (Wildman–Crippen MR) is 17.1 cm³/mol. The first-order valence-electron chi connectivity index (χ1n) is 0.667. The van der Waals surface area contributed by atoms with Crippen molar-refractivity contribution in [3.63, 3.8) is 0 Å². The summed E-state index contributed by atoms with van der Waals surface area (Å²) >= 11 is 3.24. The second kappa shape index (κ2) is 3.09. The summed E-state index contributed by atoms with van der Waals surface area (Å²) in [5.74, 6) is 0. The molecule has 6 heteroatoms.